The molecule has 2 aliphatic rings. The van der Waals surface area contributed by atoms with Crippen LogP contribution in [0, 0.1) is 0 Å². The van der Waals surface area contributed by atoms with Crippen LogP contribution in [0.3, 0.4) is 0 Å². The van der Waals surface area contributed by atoms with E-state index < -0.39 is 0 Å². The maximum atomic E-state index is 11.9. The number of allylic oxidation sites excluding steroid dienone is 3. The van der Waals surface area contributed by atoms with Crippen LogP contribution in [0.15, 0.2) is 53.9 Å². The van der Waals surface area contributed by atoms with E-state index >= 15 is 0 Å². The molecule has 1 amide bonds. The summed E-state index contributed by atoms with van der Waals surface area (Å²) in [5.41, 5.74) is 1.95. The molecule has 1 unspecified atom stereocenters. The topological polar surface area (TPSA) is 40.5 Å². The molecule has 98 valence electrons. The minimum atomic E-state index is -0.170. The number of rotatable bonds is 1. The number of carbonyl (C=O) groups excluding carboxylic acids is 1. The Labute approximate surface area is 112 Å². The predicted molar refractivity (Wildman–Crippen MR) is 73.5 cm³/mol. The van der Waals surface area contributed by atoms with Crippen molar-refractivity contribution in [3.8, 4) is 0 Å². The lowest BCUT2D eigenvalue weighted by molar-refractivity contribution is -0.131. The molecule has 0 saturated carbocycles. The van der Waals surface area contributed by atoms with E-state index in [0.29, 0.717) is 6.42 Å². The summed E-state index contributed by atoms with van der Waals surface area (Å²) in [6.07, 6.45) is 5.67. The van der Waals surface area contributed by atoms with Crippen molar-refractivity contribution in [1.29, 1.82) is 0 Å². The number of benzene rings is 1. The minimum Gasteiger partial charge on any atom is -0.508 e. The maximum Gasteiger partial charge on any atom is 0.226 e. The first-order chi connectivity index (χ1) is 9.13. The molecule has 1 fully saturated rings. The second kappa shape index (κ2) is 4.26. The van der Waals surface area contributed by atoms with Crippen LogP contribution in [0.1, 0.15) is 24.8 Å². The lowest BCUT2D eigenvalue weighted by atomic mass is 9.67. The van der Waals surface area contributed by atoms with Crippen molar-refractivity contribution in [1.82, 2.24) is 4.90 Å². The van der Waals surface area contributed by atoms with Gasteiger partial charge in [-0.1, -0.05) is 30.3 Å². The summed E-state index contributed by atoms with van der Waals surface area (Å²) in [5.74, 6) is 0.371. The van der Waals surface area contributed by atoms with Gasteiger partial charge in [0.1, 0.15) is 5.76 Å². The van der Waals surface area contributed by atoms with Gasteiger partial charge in [-0.25, -0.2) is 0 Å². The molecule has 3 heteroatoms. The van der Waals surface area contributed by atoms with Crippen LogP contribution < -0.4 is 0 Å². The van der Waals surface area contributed by atoms with E-state index in [4.69, 9.17) is 0 Å². The number of carbonyl (C=O) groups is 1. The molecule has 19 heavy (non-hydrogen) atoms. The van der Waals surface area contributed by atoms with Gasteiger partial charge in [0, 0.05) is 30.7 Å². The van der Waals surface area contributed by atoms with E-state index in [1.165, 1.54) is 5.56 Å². The van der Waals surface area contributed by atoms with Gasteiger partial charge in [0.05, 0.1) is 0 Å². The fourth-order valence-corrected chi connectivity index (χ4v) is 3.16. The number of nitrogens with zero attached hydrogens (tertiary/aromatic N) is 1. The third-order valence-corrected chi connectivity index (χ3v) is 4.26. The van der Waals surface area contributed by atoms with Gasteiger partial charge in [-0.05, 0) is 24.5 Å². The summed E-state index contributed by atoms with van der Waals surface area (Å²) in [6.45, 7) is 0. The van der Waals surface area contributed by atoms with Crippen LogP contribution >= 0.6 is 0 Å². The van der Waals surface area contributed by atoms with Crippen molar-refractivity contribution in [2.45, 2.75) is 24.7 Å². The third-order valence-electron chi connectivity index (χ3n) is 4.26. The van der Waals surface area contributed by atoms with E-state index in [1.54, 1.807) is 18.0 Å². The highest BCUT2D eigenvalue weighted by Gasteiger charge is 2.44. The molecule has 3 nitrogen and oxygen atoms in total. The molecule has 1 aliphatic carbocycles. The normalized spacial score (nSPS) is 26.6. The zero-order valence-corrected chi connectivity index (χ0v) is 11.0. The van der Waals surface area contributed by atoms with E-state index in [9.17, 15) is 9.90 Å². The van der Waals surface area contributed by atoms with Crippen molar-refractivity contribution in [2.24, 2.45) is 0 Å². The van der Waals surface area contributed by atoms with Gasteiger partial charge in [-0.3, -0.25) is 4.79 Å². The van der Waals surface area contributed by atoms with Crippen LogP contribution in [0.5, 0.6) is 0 Å². The summed E-state index contributed by atoms with van der Waals surface area (Å²) in [6, 6.07) is 10.3. The highest BCUT2D eigenvalue weighted by Crippen LogP contribution is 2.47. The first-order valence-electron chi connectivity index (χ1n) is 6.57. The quantitative estimate of drug-likeness (QED) is 0.838. The minimum absolute atomic E-state index is 0.118. The smallest absolute Gasteiger partial charge is 0.226 e. The molecule has 1 aliphatic heterocycles. The summed E-state index contributed by atoms with van der Waals surface area (Å²) in [5, 5.41) is 9.76. The monoisotopic (exact) mass is 255 g/mol. The molecule has 1 aromatic rings. The number of likely N-dealkylation sites (N-methyl/N-ethyl adjacent to an activating group) is 1. The fraction of sp³-hybridized carbons (Fsp3) is 0.312. The van der Waals surface area contributed by atoms with E-state index in [1.807, 2.05) is 24.3 Å². The van der Waals surface area contributed by atoms with Crippen molar-refractivity contribution in [3.05, 3.63) is 59.5 Å². The SMILES string of the molecule is CN1C(=O)CCC2(c3ccccc3)CC=C(O)C=C12. The molecule has 0 bridgehead atoms. The largest absolute Gasteiger partial charge is 0.508 e. The first kappa shape index (κ1) is 12.0. The van der Waals surface area contributed by atoms with E-state index in [0.717, 1.165) is 18.5 Å². The van der Waals surface area contributed by atoms with E-state index in [2.05, 4.69) is 12.1 Å². The summed E-state index contributed by atoms with van der Waals surface area (Å²) in [7, 11) is 1.80. The Hall–Kier alpha value is -2.03. The van der Waals surface area contributed by atoms with Crippen molar-refractivity contribution >= 4 is 5.91 Å². The molecule has 1 saturated heterocycles. The number of piperidine rings is 1. The Bertz CT molecular complexity index is 574. The van der Waals surface area contributed by atoms with Gasteiger partial charge in [-0.15, -0.1) is 0 Å². The molecule has 1 atom stereocenters. The Morgan fingerprint density at radius 2 is 2.00 bits per heavy atom. The zero-order valence-electron chi connectivity index (χ0n) is 11.0. The van der Waals surface area contributed by atoms with E-state index in [-0.39, 0.29) is 17.1 Å². The highest BCUT2D eigenvalue weighted by molar-refractivity contribution is 5.80. The molecular weight excluding hydrogens is 238 g/mol. The van der Waals surface area contributed by atoms with Gasteiger partial charge >= 0.3 is 0 Å². The number of aliphatic hydroxyl groups is 1. The number of fused-ring (bicyclic) bond motifs is 1. The summed E-state index contributed by atoms with van der Waals surface area (Å²) < 4.78 is 0. The van der Waals surface area contributed by atoms with Crippen LogP contribution in [-0.4, -0.2) is 23.0 Å². The Morgan fingerprint density at radius 1 is 1.26 bits per heavy atom. The number of hydrogen-bond donors (Lipinski definition) is 1. The number of likely N-dealkylation sites (tertiary alicyclic amines) is 1. The van der Waals surface area contributed by atoms with Gasteiger partial charge in [0.25, 0.3) is 0 Å². The Kier molecular flexibility index (Phi) is 2.70. The van der Waals surface area contributed by atoms with Crippen LogP contribution in [0.25, 0.3) is 0 Å². The second-order valence-electron chi connectivity index (χ2n) is 5.26. The van der Waals surface area contributed by atoms with Gasteiger partial charge in [-0.2, -0.15) is 0 Å². The lowest BCUT2D eigenvalue weighted by Crippen LogP contribution is -2.45. The average molecular weight is 255 g/mol. The van der Waals surface area contributed by atoms with Gasteiger partial charge in [0.15, 0.2) is 0 Å². The zero-order chi connectivity index (χ0) is 13.5. The van der Waals surface area contributed by atoms with Crippen LogP contribution in [-0.2, 0) is 10.2 Å². The van der Waals surface area contributed by atoms with Crippen molar-refractivity contribution in [3.63, 3.8) is 0 Å². The van der Waals surface area contributed by atoms with Crippen molar-refractivity contribution in [2.75, 3.05) is 7.05 Å². The molecular formula is C16H17NO2. The Morgan fingerprint density at radius 3 is 2.74 bits per heavy atom. The number of hydrogen-bond acceptors (Lipinski definition) is 2. The predicted octanol–water partition coefficient (Wildman–Crippen LogP) is 2.91. The average Bonchev–Trinajstić information content (AvgIpc) is 2.45. The maximum absolute atomic E-state index is 11.9. The molecule has 0 aromatic heterocycles. The molecule has 1 heterocycles. The first-order valence-corrected chi connectivity index (χ1v) is 6.57. The third kappa shape index (κ3) is 1.77. The standard InChI is InChI=1S/C16H17NO2/c1-17-14-11-13(18)7-9-16(14,10-8-15(17)19)12-5-3-2-4-6-12/h2-7,11,18H,8-10H2,1H3. The molecule has 1 N–H and O–H groups in total. The summed E-state index contributed by atoms with van der Waals surface area (Å²) >= 11 is 0. The highest BCUT2D eigenvalue weighted by atomic mass is 16.3. The Balaban J connectivity index is 2.14. The molecule has 1 aromatic carbocycles. The second-order valence-corrected chi connectivity index (χ2v) is 5.26. The van der Waals surface area contributed by atoms with Crippen LogP contribution in [0.2, 0.25) is 0 Å². The molecule has 0 spiro atoms. The number of aliphatic hydroxyl groups excluding tert-OH is 1. The summed E-state index contributed by atoms with van der Waals surface area (Å²) in [4.78, 5) is 13.6. The van der Waals surface area contributed by atoms with Gasteiger partial charge in [0.2, 0.25) is 5.91 Å². The fourth-order valence-electron chi connectivity index (χ4n) is 3.16. The molecule has 0 radical (unpaired) electrons. The molecule has 3 rings (SSSR count). The number of amides is 1. The lowest BCUT2D eigenvalue weighted by Gasteiger charge is -2.45. The van der Waals surface area contributed by atoms with Crippen molar-refractivity contribution < 1.29 is 9.90 Å². The van der Waals surface area contributed by atoms with Crippen LogP contribution in [0.4, 0.5) is 0 Å². The van der Waals surface area contributed by atoms with Gasteiger partial charge < -0.3 is 10.0 Å².